The first kappa shape index (κ1) is 16.4. The molecule has 1 aromatic heterocycles. The Balaban J connectivity index is 1.42. The zero-order valence-electron chi connectivity index (χ0n) is 14.7. The molecule has 0 bridgehead atoms. The second kappa shape index (κ2) is 7.04. The Labute approximate surface area is 152 Å². The van der Waals surface area contributed by atoms with Crippen molar-refractivity contribution in [3.05, 3.63) is 78.1 Å². The van der Waals surface area contributed by atoms with Gasteiger partial charge in [-0.05, 0) is 30.2 Å². The van der Waals surface area contributed by atoms with Gasteiger partial charge in [-0.2, -0.15) is 5.10 Å². The molecule has 1 amide bonds. The highest BCUT2D eigenvalue weighted by Crippen LogP contribution is 2.27. The van der Waals surface area contributed by atoms with Gasteiger partial charge >= 0.3 is 0 Å². The zero-order chi connectivity index (χ0) is 17.9. The van der Waals surface area contributed by atoms with Crippen LogP contribution in [0.15, 0.2) is 67.0 Å². The van der Waals surface area contributed by atoms with Gasteiger partial charge in [-0.25, -0.2) is 4.68 Å². The summed E-state index contributed by atoms with van der Waals surface area (Å²) in [5.41, 5.74) is 3.11. The Morgan fingerprint density at radius 3 is 2.81 bits per heavy atom. The average Bonchev–Trinajstić information content (AvgIpc) is 3.16. The fourth-order valence-corrected chi connectivity index (χ4v) is 3.31. The number of fused-ring (bicyclic) bond motifs is 1. The van der Waals surface area contributed by atoms with E-state index in [2.05, 4.69) is 5.10 Å². The minimum atomic E-state index is -0.140. The molecule has 1 unspecified atom stereocenters. The van der Waals surface area contributed by atoms with E-state index in [4.69, 9.17) is 4.74 Å². The maximum atomic E-state index is 12.8. The number of rotatable bonds is 4. The summed E-state index contributed by atoms with van der Waals surface area (Å²) >= 11 is 0. The fraction of sp³-hybridized carbons (Fsp3) is 0.238. The van der Waals surface area contributed by atoms with E-state index in [1.54, 1.807) is 4.90 Å². The zero-order valence-corrected chi connectivity index (χ0v) is 14.7. The molecule has 1 aliphatic heterocycles. The van der Waals surface area contributed by atoms with Crippen molar-refractivity contribution in [2.45, 2.75) is 13.0 Å². The largest absolute Gasteiger partial charge is 0.492 e. The van der Waals surface area contributed by atoms with Crippen LogP contribution in [-0.2, 0) is 17.8 Å². The SMILES string of the molecule is CN(Cc1cnn(-c2ccccc2)c1)C(=O)C1COc2ccccc2C1. The smallest absolute Gasteiger partial charge is 0.229 e. The number of nitrogens with zero attached hydrogens (tertiary/aromatic N) is 3. The van der Waals surface area contributed by atoms with Gasteiger partial charge in [0, 0.05) is 25.4 Å². The third-order valence-electron chi connectivity index (χ3n) is 4.68. The molecule has 0 spiro atoms. The van der Waals surface area contributed by atoms with Gasteiger partial charge in [-0.3, -0.25) is 4.79 Å². The summed E-state index contributed by atoms with van der Waals surface area (Å²) in [7, 11) is 1.84. The Bertz CT molecular complexity index is 904. The van der Waals surface area contributed by atoms with Gasteiger partial charge in [0.2, 0.25) is 5.91 Å². The van der Waals surface area contributed by atoms with Crippen molar-refractivity contribution in [1.29, 1.82) is 0 Å². The second-order valence-corrected chi connectivity index (χ2v) is 6.64. The molecular formula is C21H21N3O2. The molecule has 0 saturated carbocycles. The molecule has 0 fully saturated rings. The number of hydrogen-bond acceptors (Lipinski definition) is 3. The predicted molar refractivity (Wildman–Crippen MR) is 99.2 cm³/mol. The van der Waals surface area contributed by atoms with E-state index in [1.807, 2.05) is 78.7 Å². The number of para-hydroxylation sites is 2. The van der Waals surface area contributed by atoms with E-state index in [0.717, 1.165) is 29.0 Å². The van der Waals surface area contributed by atoms with Gasteiger partial charge in [0.25, 0.3) is 0 Å². The quantitative estimate of drug-likeness (QED) is 0.729. The van der Waals surface area contributed by atoms with Crippen LogP contribution in [0.4, 0.5) is 0 Å². The standard InChI is InChI=1S/C21H21N3O2/c1-23(13-16-12-22-24(14-16)19-8-3-2-4-9-19)21(25)18-11-17-7-5-6-10-20(17)26-15-18/h2-10,12,14,18H,11,13,15H2,1H3. The topological polar surface area (TPSA) is 47.4 Å². The molecule has 2 heterocycles. The van der Waals surface area contributed by atoms with E-state index < -0.39 is 0 Å². The summed E-state index contributed by atoms with van der Waals surface area (Å²) in [6, 6.07) is 17.9. The van der Waals surface area contributed by atoms with Gasteiger partial charge in [-0.15, -0.1) is 0 Å². The number of carbonyl (C=O) groups is 1. The maximum absolute atomic E-state index is 12.8. The molecule has 3 aromatic rings. The van der Waals surface area contributed by atoms with E-state index in [1.165, 1.54) is 0 Å². The molecule has 4 rings (SSSR count). The minimum Gasteiger partial charge on any atom is -0.492 e. The lowest BCUT2D eigenvalue weighted by Gasteiger charge is -2.28. The summed E-state index contributed by atoms with van der Waals surface area (Å²) < 4.78 is 7.58. The molecule has 26 heavy (non-hydrogen) atoms. The lowest BCUT2D eigenvalue weighted by Crippen LogP contribution is -2.38. The summed E-state index contributed by atoms with van der Waals surface area (Å²) in [6.45, 7) is 0.966. The third-order valence-corrected chi connectivity index (χ3v) is 4.68. The van der Waals surface area contributed by atoms with Crippen molar-refractivity contribution in [3.63, 3.8) is 0 Å². The number of carbonyl (C=O) groups excluding carboxylic acids is 1. The first-order valence-electron chi connectivity index (χ1n) is 8.75. The van der Waals surface area contributed by atoms with Crippen LogP contribution in [0, 0.1) is 5.92 Å². The number of benzene rings is 2. The number of amides is 1. The highest BCUT2D eigenvalue weighted by Gasteiger charge is 2.28. The van der Waals surface area contributed by atoms with Gasteiger partial charge in [0.05, 0.1) is 17.8 Å². The van der Waals surface area contributed by atoms with Crippen molar-refractivity contribution in [1.82, 2.24) is 14.7 Å². The summed E-state index contributed by atoms with van der Waals surface area (Å²) in [6.07, 6.45) is 4.50. The van der Waals surface area contributed by atoms with Crippen molar-refractivity contribution >= 4 is 5.91 Å². The van der Waals surface area contributed by atoms with Crippen LogP contribution in [0.5, 0.6) is 5.75 Å². The first-order chi connectivity index (χ1) is 12.7. The van der Waals surface area contributed by atoms with Gasteiger partial charge < -0.3 is 9.64 Å². The molecule has 2 aromatic carbocycles. The summed E-state index contributed by atoms with van der Waals surface area (Å²) in [5, 5.41) is 4.40. The molecule has 1 atom stereocenters. The summed E-state index contributed by atoms with van der Waals surface area (Å²) in [4.78, 5) is 14.6. The molecule has 0 aliphatic carbocycles. The average molecular weight is 347 g/mol. The maximum Gasteiger partial charge on any atom is 0.229 e. The minimum absolute atomic E-state index is 0.104. The van der Waals surface area contributed by atoms with Crippen molar-refractivity contribution < 1.29 is 9.53 Å². The van der Waals surface area contributed by atoms with Gasteiger partial charge in [-0.1, -0.05) is 36.4 Å². The molecular weight excluding hydrogens is 326 g/mol. The van der Waals surface area contributed by atoms with Gasteiger partial charge in [0.15, 0.2) is 0 Å². The van der Waals surface area contributed by atoms with Crippen LogP contribution < -0.4 is 4.74 Å². The molecule has 0 radical (unpaired) electrons. The molecule has 5 nitrogen and oxygen atoms in total. The van der Waals surface area contributed by atoms with Gasteiger partial charge in [0.1, 0.15) is 12.4 Å². The summed E-state index contributed by atoms with van der Waals surface area (Å²) in [5.74, 6) is 0.856. The van der Waals surface area contributed by atoms with Crippen molar-refractivity contribution in [2.75, 3.05) is 13.7 Å². The highest BCUT2D eigenvalue weighted by molar-refractivity contribution is 5.79. The molecule has 0 N–H and O–H groups in total. The van der Waals surface area contributed by atoms with Crippen molar-refractivity contribution in [3.8, 4) is 11.4 Å². The van der Waals surface area contributed by atoms with Crippen LogP contribution in [0.25, 0.3) is 5.69 Å². The van der Waals surface area contributed by atoms with Crippen LogP contribution >= 0.6 is 0 Å². The lowest BCUT2D eigenvalue weighted by atomic mass is 9.95. The highest BCUT2D eigenvalue weighted by atomic mass is 16.5. The number of ether oxygens (including phenoxy) is 1. The van der Waals surface area contributed by atoms with E-state index in [-0.39, 0.29) is 11.8 Å². The van der Waals surface area contributed by atoms with Crippen LogP contribution in [0.1, 0.15) is 11.1 Å². The monoisotopic (exact) mass is 347 g/mol. The molecule has 1 aliphatic rings. The molecule has 5 heteroatoms. The van der Waals surface area contributed by atoms with Crippen LogP contribution in [0.2, 0.25) is 0 Å². The third kappa shape index (κ3) is 3.33. The Hall–Kier alpha value is -3.08. The molecule has 0 saturated heterocycles. The fourth-order valence-electron chi connectivity index (χ4n) is 3.31. The van der Waals surface area contributed by atoms with Crippen molar-refractivity contribution in [2.24, 2.45) is 5.92 Å². The van der Waals surface area contributed by atoms with E-state index in [9.17, 15) is 4.79 Å². The Morgan fingerprint density at radius 2 is 1.96 bits per heavy atom. The number of aromatic nitrogens is 2. The Kier molecular flexibility index (Phi) is 4.44. The second-order valence-electron chi connectivity index (χ2n) is 6.64. The molecule has 132 valence electrons. The normalized spacial score (nSPS) is 15.8. The van der Waals surface area contributed by atoms with Crippen LogP contribution in [-0.4, -0.2) is 34.2 Å². The lowest BCUT2D eigenvalue weighted by molar-refractivity contribution is -0.136. The predicted octanol–water partition coefficient (Wildman–Crippen LogP) is 3.08. The van der Waals surface area contributed by atoms with Crippen LogP contribution in [0.3, 0.4) is 0 Å². The first-order valence-corrected chi connectivity index (χ1v) is 8.75. The Morgan fingerprint density at radius 1 is 1.19 bits per heavy atom. The number of hydrogen-bond donors (Lipinski definition) is 0. The van der Waals surface area contributed by atoms with E-state index >= 15 is 0 Å². The van der Waals surface area contributed by atoms with E-state index in [0.29, 0.717) is 13.2 Å².